The molecule has 0 aliphatic carbocycles. The van der Waals surface area contributed by atoms with Crippen LogP contribution in [0.1, 0.15) is 33.1 Å². The fraction of sp³-hybridized carbons (Fsp3) is 0.917. The van der Waals surface area contributed by atoms with E-state index < -0.39 is 0 Å². The van der Waals surface area contributed by atoms with Gasteiger partial charge in [0.15, 0.2) is 0 Å². The van der Waals surface area contributed by atoms with Gasteiger partial charge in [0, 0.05) is 33.3 Å². The van der Waals surface area contributed by atoms with Crippen molar-refractivity contribution in [1.82, 2.24) is 5.32 Å². The van der Waals surface area contributed by atoms with Crippen molar-refractivity contribution in [2.24, 2.45) is 5.92 Å². The fourth-order valence-corrected chi connectivity index (χ4v) is 1.12. The molecule has 0 unspecified atom stereocenters. The lowest BCUT2D eigenvalue weighted by molar-refractivity contribution is -0.122. The molecule has 0 aliphatic rings. The van der Waals surface area contributed by atoms with Crippen LogP contribution in [0.4, 0.5) is 0 Å². The summed E-state index contributed by atoms with van der Waals surface area (Å²) >= 11 is 0. The molecule has 4 heteroatoms. The summed E-state index contributed by atoms with van der Waals surface area (Å²) in [6.45, 7) is 6.94. The molecule has 0 aromatic carbocycles. The quantitative estimate of drug-likeness (QED) is 0.581. The van der Waals surface area contributed by atoms with Crippen LogP contribution in [0.2, 0.25) is 0 Å². The highest BCUT2D eigenvalue weighted by atomic mass is 16.5. The zero-order chi connectivity index (χ0) is 12.2. The van der Waals surface area contributed by atoms with Gasteiger partial charge in [-0.25, -0.2) is 0 Å². The van der Waals surface area contributed by atoms with Crippen LogP contribution in [0, 0.1) is 5.92 Å². The van der Waals surface area contributed by atoms with Crippen molar-refractivity contribution in [2.45, 2.75) is 33.1 Å². The first-order valence-electron chi connectivity index (χ1n) is 6.00. The normalized spacial score (nSPS) is 10.8. The minimum absolute atomic E-state index is 0.0562. The van der Waals surface area contributed by atoms with Gasteiger partial charge in [-0.2, -0.15) is 0 Å². The van der Waals surface area contributed by atoms with Crippen LogP contribution in [0.25, 0.3) is 0 Å². The summed E-state index contributed by atoms with van der Waals surface area (Å²) in [7, 11) is 1.66. The van der Waals surface area contributed by atoms with Gasteiger partial charge in [-0.1, -0.05) is 13.8 Å². The van der Waals surface area contributed by atoms with Gasteiger partial charge >= 0.3 is 0 Å². The van der Waals surface area contributed by atoms with Crippen molar-refractivity contribution in [2.75, 3.05) is 33.5 Å². The van der Waals surface area contributed by atoms with Crippen LogP contribution >= 0.6 is 0 Å². The van der Waals surface area contributed by atoms with Crippen LogP contribution in [-0.2, 0) is 14.3 Å². The average molecular weight is 231 g/mol. The number of ether oxygens (including phenoxy) is 2. The molecule has 0 atom stereocenters. The number of methoxy groups -OCH3 is 1. The Labute approximate surface area is 98.7 Å². The largest absolute Gasteiger partial charge is 0.385 e. The van der Waals surface area contributed by atoms with Crippen molar-refractivity contribution in [3.8, 4) is 0 Å². The molecule has 0 saturated heterocycles. The van der Waals surface area contributed by atoms with E-state index in [0.717, 1.165) is 19.4 Å². The van der Waals surface area contributed by atoms with E-state index in [1.165, 1.54) is 0 Å². The molecule has 1 amide bonds. The molecule has 0 aromatic rings. The Morgan fingerprint density at radius 1 is 1.25 bits per heavy atom. The topological polar surface area (TPSA) is 47.6 Å². The fourth-order valence-electron chi connectivity index (χ4n) is 1.12. The van der Waals surface area contributed by atoms with E-state index in [1.807, 2.05) is 0 Å². The smallest absolute Gasteiger partial charge is 0.222 e. The van der Waals surface area contributed by atoms with Gasteiger partial charge < -0.3 is 14.8 Å². The van der Waals surface area contributed by atoms with E-state index >= 15 is 0 Å². The second-order valence-electron chi connectivity index (χ2n) is 4.24. The molecule has 0 heterocycles. The molecule has 4 nitrogen and oxygen atoms in total. The second-order valence-corrected chi connectivity index (χ2v) is 4.24. The number of nitrogens with one attached hydrogen (secondary N) is 1. The number of amides is 1. The lowest BCUT2D eigenvalue weighted by Crippen LogP contribution is -2.26. The molecular formula is C12H25NO3. The molecule has 1 N–H and O–H groups in total. The maximum absolute atomic E-state index is 11.3. The van der Waals surface area contributed by atoms with Crippen molar-refractivity contribution in [3.63, 3.8) is 0 Å². The number of hydrogen-bond acceptors (Lipinski definition) is 3. The van der Waals surface area contributed by atoms with Crippen LogP contribution in [-0.4, -0.2) is 39.4 Å². The SMILES string of the molecule is COCCCNC(=O)CCOCCC(C)C. The number of carbonyl (C=O) groups excluding carboxylic acids is 1. The van der Waals surface area contributed by atoms with E-state index in [0.29, 0.717) is 32.1 Å². The molecule has 0 spiro atoms. The summed E-state index contributed by atoms with van der Waals surface area (Å²) in [6.07, 6.45) is 2.36. The average Bonchev–Trinajstić information content (AvgIpc) is 2.23. The summed E-state index contributed by atoms with van der Waals surface area (Å²) in [5, 5.41) is 2.82. The maximum atomic E-state index is 11.3. The molecule has 0 aliphatic heterocycles. The first kappa shape index (κ1) is 15.4. The van der Waals surface area contributed by atoms with E-state index in [9.17, 15) is 4.79 Å². The van der Waals surface area contributed by atoms with Crippen LogP contribution in [0.3, 0.4) is 0 Å². The summed E-state index contributed by atoms with van der Waals surface area (Å²) in [6, 6.07) is 0. The van der Waals surface area contributed by atoms with Gasteiger partial charge in [0.25, 0.3) is 0 Å². The first-order valence-corrected chi connectivity index (χ1v) is 6.00. The predicted octanol–water partition coefficient (Wildman–Crippen LogP) is 1.59. The van der Waals surface area contributed by atoms with Crippen molar-refractivity contribution < 1.29 is 14.3 Å². The van der Waals surface area contributed by atoms with Crippen molar-refractivity contribution >= 4 is 5.91 Å². The Balaban J connectivity index is 3.17. The molecule has 0 bridgehead atoms. The monoisotopic (exact) mass is 231 g/mol. The molecule has 0 aromatic heterocycles. The maximum Gasteiger partial charge on any atom is 0.222 e. The van der Waals surface area contributed by atoms with Gasteiger partial charge in [-0.15, -0.1) is 0 Å². The predicted molar refractivity (Wildman–Crippen MR) is 64.4 cm³/mol. The summed E-state index contributed by atoms with van der Waals surface area (Å²) in [5.41, 5.74) is 0. The zero-order valence-electron chi connectivity index (χ0n) is 10.8. The minimum Gasteiger partial charge on any atom is -0.385 e. The van der Waals surface area contributed by atoms with Gasteiger partial charge in [0.1, 0.15) is 0 Å². The van der Waals surface area contributed by atoms with Crippen molar-refractivity contribution in [3.05, 3.63) is 0 Å². The molecule has 0 saturated carbocycles. The molecule has 16 heavy (non-hydrogen) atoms. The zero-order valence-corrected chi connectivity index (χ0v) is 10.8. The van der Waals surface area contributed by atoms with Crippen molar-refractivity contribution in [1.29, 1.82) is 0 Å². The third kappa shape index (κ3) is 11.5. The van der Waals surface area contributed by atoms with Gasteiger partial charge in [-0.3, -0.25) is 4.79 Å². The molecule has 0 radical (unpaired) electrons. The molecule has 0 fully saturated rings. The molecule has 96 valence electrons. The second kappa shape index (κ2) is 10.9. The highest BCUT2D eigenvalue weighted by molar-refractivity contribution is 5.75. The summed E-state index contributed by atoms with van der Waals surface area (Å²) < 4.78 is 10.2. The van der Waals surface area contributed by atoms with E-state index in [-0.39, 0.29) is 5.91 Å². The van der Waals surface area contributed by atoms with E-state index in [4.69, 9.17) is 9.47 Å². The van der Waals surface area contributed by atoms with E-state index in [1.54, 1.807) is 7.11 Å². The van der Waals surface area contributed by atoms with Crippen LogP contribution in [0.5, 0.6) is 0 Å². The Kier molecular flexibility index (Phi) is 10.5. The van der Waals surface area contributed by atoms with E-state index in [2.05, 4.69) is 19.2 Å². The van der Waals surface area contributed by atoms with Gasteiger partial charge in [0.05, 0.1) is 6.61 Å². The highest BCUT2D eigenvalue weighted by Crippen LogP contribution is 1.98. The summed E-state index contributed by atoms with van der Waals surface area (Å²) in [5.74, 6) is 0.712. The minimum atomic E-state index is 0.0562. The summed E-state index contributed by atoms with van der Waals surface area (Å²) in [4.78, 5) is 11.3. The van der Waals surface area contributed by atoms with Gasteiger partial charge in [-0.05, 0) is 18.8 Å². The number of hydrogen-bond donors (Lipinski definition) is 1. The standard InChI is InChI=1S/C12H25NO3/c1-11(2)5-9-16-10-6-12(14)13-7-4-8-15-3/h11H,4-10H2,1-3H3,(H,13,14). The third-order valence-electron chi connectivity index (χ3n) is 2.16. The lowest BCUT2D eigenvalue weighted by Gasteiger charge is -2.07. The Morgan fingerprint density at radius 3 is 2.62 bits per heavy atom. The third-order valence-corrected chi connectivity index (χ3v) is 2.16. The Bertz CT molecular complexity index is 172. The molecular weight excluding hydrogens is 206 g/mol. The first-order chi connectivity index (χ1) is 7.66. The van der Waals surface area contributed by atoms with Crippen LogP contribution in [0.15, 0.2) is 0 Å². The van der Waals surface area contributed by atoms with Gasteiger partial charge in [0.2, 0.25) is 5.91 Å². The Hall–Kier alpha value is -0.610. The van der Waals surface area contributed by atoms with Crippen LogP contribution < -0.4 is 5.32 Å². The molecule has 0 rings (SSSR count). The highest BCUT2D eigenvalue weighted by Gasteiger charge is 2.00. The Morgan fingerprint density at radius 2 is 2.00 bits per heavy atom. The number of rotatable bonds is 10. The lowest BCUT2D eigenvalue weighted by atomic mass is 10.1. The number of carbonyl (C=O) groups is 1.